The van der Waals surface area contributed by atoms with Gasteiger partial charge >= 0.3 is 0 Å². The van der Waals surface area contributed by atoms with E-state index < -0.39 is 0 Å². The standard InChI is InChI=1S/C14H22ClN3/c1-3-17-6-8-18(9-7-17)13-5-4-12(11-16-2)14(15)10-13/h4-5,10,16H,3,6-9,11H2,1-2H3. The van der Waals surface area contributed by atoms with Crippen LogP contribution < -0.4 is 10.2 Å². The van der Waals surface area contributed by atoms with Crippen LogP contribution in [0.4, 0.5) is 5.69 Å². The van der Waals surface area contributed by atoms with Crippen molar-refractivity contribution in [2.24, 2.45) is 0 Å². The Balaban J connectivity index is 2.03. The van der Waals surface area contributed by atoms with Gasteiger partial charge in [-0.15, -0.1) is 0 Å². The summed E-state index contributed by atoms with van der Waals surface area (Å²) in [6.45, 7) is 8.67. The first-order valence-electron chi connectivity index (χ1n) is 6.65. The molecule has 1 N–H and O–H groups in total. The summed E-state index contributed by atoms with van der Waals surface area (Å²) in [6, 6.07) is 6.40. The van der Waals surface area contributed by atoms with Crippen LogP contribution in [0.15, 0.2) is 18.2 Å². The minimum Gasteiger partial charge on any atom is -0.369 e. The van der Waals surface area contributed by atoms with E-state index in [0.717, 1.165) is 49.9 Å². The molecule has 18 heavy (non-hydrogen) atoms. The summed E-state index contributed by atoms with van der Waals surface area (Å²) in [6.07, 6.45) is 0. The van der Waals surface area contributed by atoms with E-state index >= 15 is 0 Å². The van der Waals surface area contributed by atoms with Crippen molar-refractivity contribution in [3.05, 3.63) is 28.8 Å². The molecule has 0 unspecified atom stereocenters. The first kappa shape index (κ1) is 13.7. The van der Waals surface area contributed by atoms with Gasteiger partial charge in [0.15, 0.2) is 0 Å². The van der Waals surface area contributed by atoms with Gasteiger partial charge < -0.3 is 15.1 Å². The molecule has 1 aliphatic heterocycles. The van der Waals surface area contributed by atoms with Crippen LogP contribution in [0.2, 0.25) is 5.02 Å². The van der Waals surface area contributed by atoms with Crippen LogP contribution in [0.1, 0.15) is 12.5 Å². The van der Waals surface area contributed by atoms with E-state index in [0.29, 0.717) is 0 Å². The molecule has 1 heterocycles. The zero-order valence-electron chi connectivity index (χ0n) is 11.2. The number of hydrogen-bond donors (Lipinski definition) is 1. The fourth-order valence-corrected chi connectivity index (χ4v) is 2.63. The second-order valence-electron chi connectivity index (χ2n) is 4.73. The lowest BCUT2D eigenvalue weighted by Gasteiger charge is -2.35. The average molecular weight is 268 g/mol. The van der Waals surface area contributed by atoms with Crippen LogP contribution in [0.5, 0.6) is 0 Å². The average Bonchev–Trinajstić information content (AvgIpc) is 2.41. The predicted octanol–water partition coefficient (Wildman–Crippen LogP) is 2.20. The van der Waals surface area contributed by atoms with E-state index in [1.807, 2.05) is 7.05 Å². The van der Waals surface area contributed by atoms with Crippen molar-refractivity contribution >= 4 is 17.3 Å². The maximum atomic E-state index is 6.31. The lowest BCUT2D eigenvalue weighted by atomic mass is 10.1. The largest absolute Gasteiger partial charge is 0.369 e. The van der Waals surface area contributed by atoms with Crippen LogP contribution in [0.3, 0.4) is 0 Å². The first-order valence-corrected chi connectivity index (χ1v) is 7.02. The summed E-state index contributed by atoms with van der Waals surface area (Å²) in [5.41, 5.74) is 2.41. The van der Waals surface area contributed by atoms with E-state index in [2.05, 4.69) is 40.2 Å². The summed E-state index contributed by atoms with van der Waals surface area (Å²) >= 11 is 6.31. The minimum atomic E-state index is 0.822. The van der Waals surface area contributed by atoms with Gasteiger partial charge in [0.05, 0.1) is 0 Å². The molecule has 0 aromatic heterocycles. The summed E-state index contributed by atoms with van der Waals surface area (Å²) in [5, 5.41) is 3.99. The third-order valence-corrected chi connectivity index (χ3v) is 3.94. The maximum Gasteiger partial charge on any atom is 0.0471 e. The highest BCUT2D eigenvalue weighted by atomic mass is 35.5. The van der Waals surface area contributed by atoms with Crippen molar-refractivity contribution in [2.45, 2.75) is 13.5 Å². The summed E-state index contributed by atoms with van der Waals surface area (Å²) in [4.78, 5) is 4.90. The van der Waals surface area contributed by atoms with Crippen LogP contribution in [0.25, 0.3) is 0 Å². The Hall–Kier alpha value is -0.770. The third-order valence-electron chi connectivity index (χ3n) is 3.59. The molecule has 0 atom stereocenters. The Bertz CT molecular complexity index is 387. The highest BCUT2D eigenvalue weighted by Crippen LogP contribution is 2.24. The Labute approximate surface area is 115 Å². The van der Waals surface area contributed by atoms with Crippen molar-refractivity contribution in [1.82, 2.24) is 10.2 Å². The first-order chi connectivity index (χ1) is 8.74. The molecule has 0 bridgehead atoms. The van der Waals surface area contributed by atoms with Crippen LogP contribution in [0, 0.1) is 0 Å². The van der Waals surface area contributed by atoms with Crippen molar-refractivity contribution in [2.75, 3.05) is 44.7 Å². The van der Waals surface area contributed by atoms with E-state index in [1.165, 1.54) is 5.69 Å². The summed E-state index contributed by atoms with van der Waals surface area (Å²) in [5.74, 6) is 0. The van der Waals surface area contributed by atoms with Crippen molar-refractivity contribution in [3.8, 4) is 0 Å². The lowest BCUT2D eigenvalue weighted by molar-refractivity contribution is 0.271. The summed E-state index contributed by atoms with van der Waals surface area (Å²) < 4.78 is 0. The van der Waals surface area contributed by atoms with Gasteiger partial charge in [-0.3, -0.25) is 0 Å². The number of likely N-dealkylation sites (N-methyl/N-ethyl adjacent to an activating group) is 1. The smallest absolute Gasteiger partial charge is 0.0471 e. The Morgan fingerprint density at radius 1 is 1.22 bits per heavy atom. The molecule has 0 saturated carbocycles. The maximum absolute atomic E-state index is 6.31. The lowest BCUT2D eigenvalue weighted by Crippen LogP contribution is -2.46. The number of nitrogens with zero attached hydrogens (tertiary/aromatic N) is 2. The molecule has 1 aromatic rings. The molecule has 0 aliphatic carbocycles. The second kappa shape index (κ2) is 6.41. The van der Waals surface area contributed by atoms with Gasteiger partial charge in [0.25, 0.3) is 0 Å². The number of piperazine rings is 1. The van der Waals surface area contributed by atoms with Crippen LogP contribution in [-0.2, 0) is 6.54 Å². The highest BCUT2D eigenvalue weighted by molar-refractivity contribution is 6.31. The van der Waals surface area contributed by atoms with Gasteiger partial charge in [-0.05, 0) is 31.3 Å². The van der Waals surface area contributed by atoms with E-state index in [9.17, 15) is 0 Å². The van der Waals surface area contributed by atoms with Crippen LogP contribution >= 0.6 is 11.6 Å². The fraction of sp³-hybridized carbons (Fsp3) is 0.571. The molecule has 1 aromatic carbocycles. The molecule has 1 saturated heterocycles. The predicted molar refractivity (Wildman–Crippen MR) is 78.5 cm³/mol. The Morgan fingerprint density at radius 2 is 1.94 bits per heavy atom. The molecule has 1 fully saturated rings. The molecule has 100 valence electrons. The zero-order valence-corrected chi connectivity index (χ0v) is 12.0. The molecule has 0 spiro atoms. The Morgan fingerprint density at radius 3 is 2.50 bits per heavy atom. The molecule has 4 heteroatoms. The molecular formula is C14H22ClN3. The van der Waals surface area contributed by atoms with E-state index in [1.54, 1.807) is 0 Å². The molecule has 2 rings (SSSR count). The van der Waals surface area contributed by atoms with Gasteiger partial charge in [0.2, 0.25) is 0 Å². The van der Waals surface area contributed by atoms with Crippen molar-refractivity contribution < 1.29 is 0 Å². The zero-order chi connectivity index (χ0) is 13.0. The normalized spacial score (nSPS) is 17.2. The number of rotatable bonds is 4. The number of nitrogens with one attached hydrogen (secondary N) is 1. The number of benzene rings is 1. The molecule has 0 amide bonds. The number of anilines is 1. The molecular weight excluding hydrogens is 246 g/mol. The third kappa shape index (κ3) is 3.16. The van der Waals surface area contributed by atoms with Gasteiger partial charge in [-0.25, -0.2) is 0 Å². The van der Waals surface area contributed by atoms with Gasteiger partial charge in [0, 0.05) is 43.4 Å². The molecule has 1 aliphatic rings. The molecule has 0 radical (unpaired) electrons. The SMILES string of the molecule is CCN1CCN(c2ccc(CNC)c(Cl)c2)CC1. The quantitative estimate of drug-likeness (QED) is 0.902. The second-order valence-corrected chi connectivity index (χ2v) is 5.13. The topological polar surface area (TPSA) is 18.5 Å². The summed E-state index contributed by atoms with van der Waals surface area (Å²) in [7, 11) is 1.94. The van der Waals surface area contributed by atoms with E-state index in [-0.39, 0.29) is 0 Å². The van der Waals surface area contributed by atoms with E-state index in [4.69, 9.17) is 11.6 Å². The van der Waals surface area contributed by atoms with Gasteiger partial charge in [-0.1, -0.05) is 24.6 Å². The van der Waals surface area contributed by atoms with Crippen molar-refractivity contribution in [3.63, 3.8) is 0 Å². The fourth-order valence-electron chi connectivity index (χ4n) is 2.39. The Kier molecular flexibility index (Phi) is 4.87. The molecule has 3 nitrogen and oxygen atoms in total. The van der Waals surface area contributed by atoms with Gasteiger partial charge in [-0.2, -0.15) is 0 Å². The number of hydrogen-bond acceptors (Lipinski definition) is 3. The van der Waals surface area contributed by atoms with Gasteiger partial charge in [0.1, 0.15) is 0 Å². The monoisotopic (exact) mass is 267 g/mol. The highest BCUT2D eigenvalue weighted by Gasteiger charge is 2.16. The number of halogens is 1. The minimum absolute atomic E-state index is 0.822. The van der Waals surface area contributed by atoms with Crippen molar-refractivity contribution in [1.29, 1.82) is 0 Å². The van der Waals surface area contributed by atoms with Crippen LogP contribution in [-0.4, -0.2) is 44.7 Å².